The Morgan fingerprint density at radius 1 is 1.28 bits per heavy atom. The summed E-state index contributed by atoms with van der Waals surface area (Å²) in [5, 5.41) is 3.68. The van der Waals surface area contributed by atoms with E-state index in [4.69, 9.17) is 0 Å². The molecule has 1 aromatic rings. The molecule has 0 saturated heterocycles. The topological polar surface area (TPSA) is 15.3 Å². The zero-order chi connectivity index (χ0) is 13.3. The Balaban J connectivity index is 2.03. The summed E-state index contributed by atoms with van der Waals surface area (Å²) in [5.74, 6) is 1.72. The third-order valence-electron chi connectivity index (χ3n) is 3.92. The summed E-state index contributed by atoms with van der Waals surface area (Å²) in [7, 11) is 4.18. The van der Waals surface area contributed by atoms with Crippen LogP contribution in [0.3, 0.4) is 0 Å². The van der Waals surface area contributed by atoms with Crippen LogP contribution in [-0.4, -0.2) is 20.1 Å². The summed E-state index contributed by atoms with van der Waals surface area (Å²) in [4.78, 5) is 2.16. The average molecular weight is 311 g/mol. The normalized spacial score (nSPS) is 22.8. The Hall–Kier alpha value is -0.700. The van der Waals surface area contributed by atoms with Gasteiger partial charge in [-0.05, 0) is 42.9 Å². The zero-order valence-electron chi connectivity index (χ0n) is 11.7. The van der Waals surface area contributed by atoms with Crippen molar-refractivity contribution in [1.29, 1.82) is 0 Å². The molecule has 0 radical (unpaired) electrons. The van der Waals surface area contributed by atoms with Crippen molar-refractivity contribution >= 4 is 27.3 Å². The fraction of sp³-hybridized carbons (Fsp3) is 0.600. The molecule has 0 aliphatic heterocycles. The maximum absolute atomic E-state index is 3.68. The lowest BCUT2D eigenvalue weighted by molar-refractivity contribution is 0.212. The Kier molecular flexibility index (Phi) is 4.21. The number of anilines is 2. The molecule has 3 heteroatoms. The first-order chi connectivity index (χ1) is 8.47. The van der Waals surface area contributed by atoms with Gasteiger partial charge in [-0.1, -0.05) is 29.8 Å². The van der Waals surface area contributed by atoms with Crippen LogP contribution in [0.25, 0.3) is 0 Å². The highest BCUT2D eigenvalue weighted by Crippen LogP contribution is 2.37. The predicted molar refractivity (Wildman–Crippen MR) is 83.4 cm³/mol. The first-order valence-corrected chi connectivity index (χ1v) is 7.50. The molecule has 1 N–H and O–H groups in total. The second kappa shape index (κ2) is 5.52. The van der Waals surface area contributed by atoms with Crippen molar-refractivity contribution < 1.29 is 0 Å². The highest BCUT2D eigenvalue weighted by Gasteiger charge is 2.31. The molecule has 0 atom stereocenters. The Labute approximate surface area is 119 Å². The minimum absolute atomic E-state index is 0.644. The lowest BCUT2D eigenvalue weighted by Crippen LogP contribution is -2.38. The summed E-state index contributed by atoms with van der Waals surface area (Å²) in [6, 6.07) is 7.08. The number of hydrogen-bond donors (Lipinski definition) is 1. The zero-order valence-corrected chi connectivity index (χ0v) is 13.3. The maximum Gasteiger partial charge on any atom is 0.0597 e. The number of hydrogen-bond acceptors (Lipinski definition) is 2. The monoisotopic (exact) mass is 310 g/mol. The number of nitrogens with one attached hydrogen (secondary N) is 1. The molecular formula is C15H23BrN2. The van der Waals surface area contributed by atoms with Crippen LogP contribution in [0.4, 0.5) is 11.4 Å². The maximum atomic E-state index is 3.68. The molecule has 1 fully saturated rings. The van der Waals surface area contributed by atoms with Crippen molar-refractivity contribution in [2.45, 2.75) is 32.7 Å². The van der Waals surface area contributed by atoms with Crippen LogP contribution in [0, 0.1) is 11.8 Å². The van der Waals surface area contributed by atoms with Gasteiger partial charge in [0.2, 0.25) is 0 Å². The van der Waals surface area contributed by atoms with Gasteiger partial charge in [0.15, 0.2) is 0 Å². The summed E-state index contributed by atoms with van der Waals surface area (Å²) in [5.41, 5.74) is 2.49. The summed E-state index contributed by atoms with van der Waals surface area (Å²) < 4.78 is 1.13. The van der Waals surface area contributed by atoms with Crippen molar-refractivity contribution in [3.05, 3.63) is 22.7 Å². The van der Waals surface area contributed by atoms with Crippen LogP contribution in [0.2, 0.25) is 0 Å². The molecule has 18 heavy (non-hydrogen) atoms. The fourth-order valence-electron chi connectivity index (χ4n) is 2.56. The SMILES string of the molecule is CC(C)C1CC(Nc2cc(Br)ccc2N(C)C)C1. The van der Waals surface area contributed by atoms with E-state index >= 15 is 0 Å². The second-order valence-electron chi connectivity index (χ2n) is 5.87. The van der Waals surface area contributed by atoms with Gasteiger partial charge >= 0.3 is 0 Å². The van der Waals surface area contributed by atoms with E-state index in [9.17, 15) is 0 Å². The minimum atomic E-state index is 0.644. The second-order valence-corrected chi connectivity index (χ2v) is 6.79. The summed E-state index contributed by atoms with van der Waals surface area (Å²) in [6.07, 6.45) is 2.61. The molecule has 1 saturated carbocycles. The average Bonchev–Trinajstić information content (AvgIpc) is 2.21. The number of rotatable bonds is 4. The molecule has 0 amide bonds. The number of nitrogens with zero attached hydrogens (tertiary/aromatic N) is 1. The van der Waals surface area contributed by atoms with Crippen LogP contribution in [0.5, 0.6) is 0 Å². The van der Waals surface area contributed by atoms with Gasteiger partial charge < -0.3 is 10.2 Å². The molecule has 0 aromatic heterocycles. The Morgan fingerprint density at radius 3 is 2.50 bits per heavy atom. The van der Waals surface area contributed by atoms with Crippen molar-refractivity contribution in [2.75, 3.05) is 24.3 Å². The first-order valence-electron chi connectivity index (χ1n) is 6.70. The van der Waals surface area contributed by atoms with E-state index in [-0.39, 0.29) is 0 Å². The first kappa shape index (κ1) is 13.7. The van der Waals surface area contributed by atoms with E-state index in [0.29, 0.717) is 6.04 Å². The van der Waals surface area contributed by atoms with Crippen LogP contribution in [-0.2, 0) is 0 Å². The van der Waals surface area contributed by atoms with E-state index in [1.807, 2.05) is 0 Å². The van der Waals surface area contributed by atoms with Gasteiger partial charge in [-0.25, -0.2) is 0 Å². The molecule has 0 spiro atoms. The van der Waals surface area contributed by atoms with Gasteiger partial charge in [0.05, 0.1) is 11.4 Å². The van der Waals surface area contributed by atoms with E-state index in [2.05, 4.69) is 72.3 Å². The molecule has 1 aromatic carbocycles. The van der Waals surface area contributed by atoms with Crippen molar-refractivity contribution in [1.82, 2.24) is 0 Å². The predicted octanol–water partition coefficient (Wildman–Crippen LogP) is 4.36. The molecular weight excluding hydrogens is 288 g/mol. The van der Waals surface area contributed by atoms with Gasteiger partial charge in [-0.2, -0.15) is 0 Å². The standard InChI is InChI=1S/C15H23BrN2/c1-10(2)11-7-13(8-11)17-14-9-12(16)5-6-15(14)18(3)4/h5-6,9-11,13,17H,7-8H2,1-4H3. The van der Waals surface area contributed by atoms with Gasteiger partial charge in [0, 0.05) is 24.6 Å². The number of benzene rings is 1. The van der Waals surface area contributed by atoms with Crippen molar-refractivity contribution in [3.8, 4) is 0 Å². The van der Waals surface area contributed by atoms with Gasteiger partial charge in [0.25, 0.3) is 0 Å². The third-order valence-corrected chi connectivity index (χ3v) is 4.41. The van der Waals surface area contributed by atoms with Crippen LogP contribution >= 0.6 is 15.9 Å². The van der Waals surface area contributed by atoms with E-state index in [1.165, 1.54) is 24.2 Å². The smallest absolute Gasteiger partial charge is 0.0597 e. The molecule has 2 rings (SSSR count). The van der Waals surface area contributed by atoms with Crippen molar-refractivity contribution in [2.24, 2.45) is 11.8 Å². The highest BCUT2D eigenvalue weighted by atomic mass is 79.9. The largest absolute Gasteiger partial charge is 0.381 e. The third kappa shape index (κ3) is 3.00. The molecule has 0 bridgehead atoms. The minimum Gasteiger partial charge on any atom is -0.381 e. The van der Waals surface area contributed by atoms with E-state index in [0.717, 1.165) is 16.3 Å². The Bertz CT molecular complexity index is 409. The molecule has 100 valence electrons. The fourth-order valence-corrected chi connectivity index (χ4v) is 2.92. The Morgan fingerprint density at radius 2 is 1.94 bits per heavy atom. The molecule has 0 unspecified atom stereocenters. The van der Waals surface area contributed by atoms with Gasteiger partial charge in [0.1, 0.15) is 0 Å². The van der Waals surface area contributed by atoms with E-state index < -0.39 is 0 Å². The lowest BCUT2D eigenvalue weighted by Gasteiger charge is -2.39. The van der Waals surface area contributed by atoms with E-state index in [1.54, 1.807) is 0 Å². The molecule has 0 heterocycles. The van der Waals surface area contributed by atoms with Crippen LogP contribution < -0.4 is 10.2 Å². The molecule has 2 nitrogen and oxygen atoms in total. The van der Waals surface area contributed by atoms with Crippen molar-refractivity contribution in [3.63, 3.8) is 0 Å². The quantitative estimate of drug-likeness (QED) is 0.888. The number of halogens is 1. The molecule has 1 aliphatic carbocycles. The van der Waals surface area contributed by atoms with Gasteiger partial charge in [-0.15, -0.1) is 0 Å². The molecule has 1 aliphatic rings. The van der Waals surface area contributed by atoms with Crippen LogP contribution in [0.1, 0.15) is 26.7 Å². The van der Waals surface area contributed by atoms with Crippen LogP contribution in [0.15, 0.2) is 22.7 Å². The van der Waals surface area contributed by atoms with Gasteiger partial charge in [-0.3, -0.25) is 0 Å². The lowest BCUT2D eigenvalue weighted by atomic mass is 9.73. The highest BCUT2D eigenvalue weighted by molar-refractivity contribution is 9.10. The summed E-state index contributed by atoms with van der Waals surface area (Å²) in [6.45, 7) is 4.65. The summed E-state index contributed by atoms with van der Waals surface area (Å²) >= 11 is 3.55.